The van der Waals surface area contributed by atoms with Gasteiger partial charge in [-0.15, -0.1) is 0 Å². The Labute approximate surface area is 79.4 Å². The van der Waals surface area contributed by atoms with Gasteiger partial charge in [-0.05, 0) is 12.1 Å². The van der Waals surface area contributed by atoms with Gasteiger partial charge in [0.2, 0.25) is 0 Å². The number of carboxylic acid groups (broad SMARTS) is 1. The molecule has 0 bridgehead atoms. The summed E-state index contributed by atoms with van der Waals surface area (Å²) in [6.45, 7) is -0.460. The lowest BCUT2D eigenvalue weighted by Crippen LogP contribution is -2.23. The minimum atomic E-state index is -1.07. The molecule has 0 unspecified atom stereocenters. The highest BCUT2D eigenvalue weighted by molar-refractivity contribution is 5.68. The van der Waals surface area contributed by atoms with Gasteiger partial charge < -0.3 is 10.4 Å². The van der Waals surface area contributed by atoms with E-state index in [1.54, 1.807) is 0 Å². The van der Waals surface area contributed by atoms with E-state index in [2.05, 4.69) is 5.32 Å². The largest absolute Gasteiger partial charge is 0.480 e. The van der Waals surface area contributed by atoms with E-state index in [0.29, 0.717) is 0 Å². The van der Waals surface area contributed by atoms with Crippen molar-refractivity contribution in [2.24, 2.45) is 0 Å². The number of rotatable bonds is 4. The molecule has 2 N–H and O–H groups in total. The second kappa shape index (κ2) is 4.66. The molecule has 0 aliphatic rings. The van der Waals surface area contributed by atoms with Crippen LogP contribution in [-0.2, 0) is 11.3 Å². The summed E-state index contributed by atoms with van der Waals surface area (Å²) in [6, 6.07) is 3.51. The SMILES string of the molecule is O=C(O)CNCc1c(F)cccc1F. The van der Waals surface area contributed by atoms with Crippen molar-refractivity contribution in [3.8, 4) is 0 Å². The van der Waals surface area contributed by atoms with Gasteiger partial charge in [-0.25, -0.2) is 8.78 Å². The first-order valence-corrected chi connectivity index (χ1v) is 3.96. The summed E-state index contributed by atoms with van der Waals surface area (Å²) in [7, 11) is 0. The fourth-order valence-corrected chi connectivity index (χ4v) is 0.996. The number of hydrogen-bond acceptors (Lipinski definition) is 2. The molecule has 3 nitrogen and oxygen atoms in total. The average Bonchev–Trinajstić information content (AvgIpc) is 2.09. The van der Waals surface area contributed by atoms with E-state index in [0.717, 1.165) is 12.1 Å². The van der Waals surface area contributed by atoms with Crippen molar-refractivity contribution in [3.05, 3.63) is 35.4 Å². The van der Waals surface area contributed by atoms with Crippen LogP contribution in [0.25, 0.3) is 0 Å². The third-order valence-corrected chi connectivity index (χ3v) is 1.64. The van der Waals surface area contributed by atoms with Crippen LogP contribution in [0.4, 0.5) is 8.78 Å². The molecule has 0 atom stereocenters. The van der Waals surface area contributed by atoms with Crippen molar-refractivity contribution in [1.29, 1.82) is 0 Å². The lowest BCUT2D eigenvalue weighted by molar-refractivity contribution is -0.136. The first-order chi connectivity index (χ1) is 6.61. The molecule has 0 saturated heterocycles. The number of carboxylic acids is 1. The van der Waals surface area contributed by atoms with E-state index >= 15 is 0 Å². The van der Waals surface area contributed by atoms with E-state index in [1.807, 2.05) is 0 Å². The Bertz CT molecular complexity index is 321. The maximum absolute atomic E-state index is 12.9. The molecule has 0 amide bonds. The Hall–Kier alpha value is -1.49. The van der Waals surface area contributed by atoms with Crippen molar-refractivity contribution in [2.75, 3.05) is 6.54 Å². The van der Waals surface area contributed by atoms with Gasteiger partial charge >= 0.3 is 5.97 Å². The van der Waals surface area contributed by atoms with Crippen LogP contribution in [0.3, 0.4) is 0 Å². The van der Waals surface area contributed by atoms with E-state index in [9.17, 15) is 13.6 Å². The van der Waals surface area contributed by atoms with E-state index in [4.69, 9.17) is 5.11 Å². The fourth-order valence-electron chi connectivity index (χ4n) is 0.996. The number of nitrogens with one attached hydrogen (secondary N) is 1. The van der Waals surface area contributed by atoms with Crippen LogP contribution in [0, 0.1) is 11.6 Å². The Morgan fingerprint density at radius 1 is 1.36 bits per heavy atom. The molecule has 1 aromatic rings. The van der Waals surface area contributed by atoms with Crippen molar-refractivity contribution in [3.63, 3.8) is 0 Å². The Kier molecular flexibility index (Phi) is 3.53. The summed E-state index contributed by atoms with van der Waals surface area (Å²) in [4.78, 5) is 10.1. The first kappa shape index (κ1) is 10.6. The molecule has 0 spiro atoms. The first-order valence-electron chi connectivity index (χ1n) is 3.96. The average molecular weight is 201 g/mol. The maximum Gasteiger partial charge on any atom is 0.317 e. The number of carbonyl (C=O) groups is 1. The standard InChI is InChI=1S/C9H9F2NO2/c10-7-2-1-3-8(11)6(7)4-12-5-9(13)14/h1-3,12H,4-5H2,(H,13,14). The zero-order chi connectivity index (χ0) is 10.6. The van der Waals surface area contributed by atoms with Crippen LogP contribution in [0.2, 0.25) is 0 Å². The van der Waals surface area contributed by atoms with Crippen LogP contribution < -0.4 is 5.32 Å². The smallest absolute Gasteiger partial charge is 0.317 e. The maximum atomic E-state index is 12.9. The molecule has 1 rings (SSSR count). The third kappa shape index (κ3) is 2.77. The van der Waals surface area contributed by atoms with Gasteiger partial charge in [0, 0.05) is 12.1 Å². The molecule has 0 fully saturated rings. The molecule has 1 aromatic carbocycles. The van der Waals surface area contributed by atoms with Crippen molar-refractivity contribution in [1.82, 2.24) is 5.32 Å². The summed E-state index contributed by atoms with van der Waals surface area (Å²) >= 11 is 0. The molecular weight excluding hydrogens is 192 g/mol. The van der Waals surface area contributed by atoms with Crippen LogP contribution >= 0.6 is 0 Å². The Balaban J connectivity index is 2.62. The van der Waals surface area contributed by atoms with Crippen molar-refractivity contribution in [2.45, 2.75) is 6.54 Å². The van der Waals surface area contributed by atoms with Crippen LogP contribution in [0.5, 0.6) is 0 Å². The second-order valence-corrected chi connectivity index (χ2v) is 2.70. The minimum absolute atomic E-state index is 0.134. The molecular formula is C9H9F2NO2. The van der Waals surface area contributed by atoms with Gasteiger partial charge in [0.1, 0.15) is 11.6 Å². The highest BCUT2D eigenvalue weighted by Gasteiger charge is 2.07. The topological polar surface area (TPSA) is 49.3 Å². The lowest BCUT2D eigenvalue weighted by atomic mass is 10.2. The molecule has 0 radical (unpaired) electrons. The zero-order valence-corrected chi connectivity index (χ0v) is 7.26. The Morgan fingerprint density at radius 3 is 2.43 bits per heavy atom. The second-order valence-electron chi connectivity index (χ2n) is 2.70. The van der Waals surface area contributed by atoms with Gasteiger partial charge in [0.05, 0.1) is 6.54 Å². The van der Waals surface area contributed by atoms with Gasteiger partial charge in [-0.1, -0.05) is 6.07 Å². The number of hydrogen-bond donors (Lipinski definition) is 2. The monoisotopic (exact) mass is 201 g/mol. The molecule has 0 saturated carbocycles. The van der Waals surface area contributed by atoms with E-state index in [-0.39, 0.29) is 18.7 Å². The number of aliphatic carboxylic acids is 1. The summed E-state index contributed by atoms with van der Waals surface area (Å²) in [5.41, 5.74) is -0.145. The highest BCUT2D eigenvalue weighted by Crippen LogP contribution is 2.10. The predicted molar refractivity (Wildman–Crippen MR) is 45.7 cm³/mol. The van der Waals surface area contributed by atoms with Crippen molar-refractivity contribution < 1.29 is 18.7 Å². The molecule has 5 heteroatoms. The van der Waals surface area contributed by atoms with Gasteiger partial charge in [-0.3, -0.25) is 4.79 Å². The van der Waals surface area contributed by atoms with E-state index < -0.39 is 17.6 Å². The predicted octanol–water partition coefficient (Wildman–Crippen LogP) is 1.14. The van der Waals surface area contributed by atoms with Crippen LogP contribution in [-0.4, -0.2) is 17.6 Å². The van der Waals surface area contributed by atoms with Gasteiger partial charge in [0.15, 0.2) is 0 Å². The summed E-state index contributed by atoms with van der Waals surface area (Å²) < 4.78 is 25.9. The normalized spacial score (nSPS) is 10.1. The molecule has 76 valence electrons. The number of benzene rings is 1. The van der Waals surface area contributed by atoms with Crippen LogP contribution in [0.15, 0.2) is 18.2 Å². The summed E-state index contributed by atoms with van der Waals surface area (Å²) in [6.07, 6.45) is 0. The zero-order valence-electron chi connectivity index (χ0n) is 7.26. The number of halogens is 2. The Morgan fingerprint density at radius 2 is 1.93 bits per heavy atom. The van der Waals surface area contributed by atoms with E-state index in [1.165, 1.54) is 6.07 Å². The molecule has 0 aromatic heterocycles. The van der Waals surface area contributed by atoms with Crippen LogP contribution in [0.1, 0.15) is 5.56 Å². The molecule has 14 heavy (non-hydrogen) atoms. The fraction of sp³-hybridized carbons (Fsp3) is 0.222. The minimum Gasteiger partial charge on any atom is -0.480 e. The van der Waals surface area contributed by atoms with Crippen molar-refractivity contribution >= 4 is 5.97 Å². The third-order valence-electron chi connectivity index (χ3n) is 1.64. The molecule has 0 aliphatic carbocycles. The van der Waals surface area contributed by atoms with Gasteiger partial charge in [-0.2, -0.15) is 0 Å². The lowest BCUT2D eigenvalue weighted by Gasteiger charge is -2.04. The molecule has 0 heterocycles. The summed E-state index contributed by atoms with van der Waals surface area (Å²) in [5.74, 6) is -2.42. The summed E-state index contributed by atoms with van der Waals surface area (Å²) in [5, 5.41) is 10.7. The van der Waals surface area contributed by atoms with Gasteiger partial charge in [0.25, 0.3) is 0 Å². The quantitative estimate of drug-likeness (QED) is 0.767. The molecule has 0 aliphatic heterocycles. The highest BCUT2D eigenvalue weighted by atomic mass is 19.1.